The van der Waals surface area contributed by atoms with Crippen LogP contribution in [0.5, 0.6) is 0 Å². The van der Waals surface area contributed by atoms with E-state index in [0.717, 1.165) is 32.0 Å². The first kappa shape index (κ1) is 14.1. The summed E-state index contributed by atoms with van der Waals surface area (Å²) >= 11 is 0. The molecule has 1 aromatic heterocycles. The van der Waals surface area contributed by atoms with E-state index in [4.69, 9.17) is 0 Å². The van der Waals surface area contributed by atoms with Gasteiger partial charge in [0.2, 0.25) is 0 Å². The molecule has 1 aliphatic rings. The number of fused-ring (bicyclic) bond motifs is 1. The number of hydrogen-bond acceptors (Lipinski definition) is 3. The summed E-state index contributed by atoms with van der Waals surface area (Å²) in [5, 5.41) is 3.36. The van der Waals surface area contributed by atoms with E-state index in [9.17, 15) is 0 Å². The summed E-state index contributed by atoms with van der Waals surface area (Å²) in [5.41, 5.74) is 4.28. The average molecular weight is 281 g/mol. The predicted molar refractivity (Wildman–Crippen MR) is 87.3 cm³/mol. The summed E-state index contributed by atoms with van der Waals surface area (Å²) < 4.78 is 0. The Kier molecular flexibility index (Phi) is 4.51. The number of pyridine rings is 1. The van der Waals surface area contributed by atoms with Crippen LogP contribution in [-0.2, 0) is 19.5 Å². The zero-order valence-electron chi connectivity index (χ0n) is 12.7. The lowest BCUT2D eigenvalue weighted by Crippen LogP contribution is -2.23. The molecule has 2 aromatic rings. The average Bonchev–Trinajstić information content (AvgIpc) is 2.71. The van der Waals surface area contributed by atoms with E-state index in [2.05, 4.69) is 52.5 Å². The standard InChI is InChI=1S/C18H23N3/c1-2-19-18-17(9-5-11-20-18)14-21-12-6-10-15-7-3-4-8-16(15)13-21/h3-5,7-9,11H,2,6,10,12-14H2,1H3,(H,19,20). The second kappa shape index (κ2) is 6.72. The van der Waals surface area contributed by atoms with Crippen LogP contribution >= 0.6 is 0 Å². The zero-order chi connectivity index (χ0) is 14.5. The molecule has 0 saturated carbocycles. The Balaban J connectivity index is 1.76. The second-order valence-electron chi connectivity index (χ2n) is 5.62. The van der Waals surface area contributed by atoms with Gasteiger partial charge >= 0.3 is 0 Å². The lowest BCUT2D eigenvalue weighted by molar-refractivity contribution is 0.261. The molecule has 0 bridgehead atoms. The zero-order valence-corrected chi connectivity index (χ0v) is 12.7. The van der Waals surface area contributed by atoms with E-state index in [0.29, 0.717) is 0 Å². The Labute approximate surface area is 127 Å². The molecule has 0 radical (unpaired) electrons. The summed E-state index contributed by atoms with van der Waals surface area (Å²) in [7, 11) is 0. The molecule has 3 heteroatoms. The third kappa shape index (κ3) is 3.42. The van der Waals surface area contributed by atoms with Crippen LogP contribution in [0.4, 0.5) is 5.82 Å². The molecule has 3 rings (SSSR count). The monoisotopic (exact) mass is 281 g/mol. The Morgan fingerprint density at radius 2 is 2.00 bits per heavy atom. The Hall–Kier alpha value is -1.87. The van der Waals surface area contributed by atoms with Gasteiger partial charge in [0.1, 0.15) is 5.82 Å². The van der Waals surface area contributed by atoms with Crippen LogP contribution in [0.1, 0.15) is 30.0 Å². The van der Waals surface area contributed by atoms with Crippen LogP contribution < -0.4 is 5.32 Å². The van der Waals surface area contributed by atoms with Crippen molar-refractivity contribution in [2.45, 2.75) is 32.9 Å². The molecule has 0 saturated heterocycles. The molecule has 0 amide bonds. The normalized spacial score (nSPS) is 15.3. The van der Waals surface area contributed by atoms with Gasteiger partial charge in [0.05, 0.1) is 0 Å². The minimum absolute atomic E-state index is 0.910. The van der Waals surface area contributed by atoms with Crippen molar-refractivity contribution in [1.82, 2.24) is 9.88 Å². The van der Waals surface area contributed by atoms with Gasteiger partial charge < -0.3 is 5.32 Å². The van der Waals surface area contributed by atoms with Crippen LogP contribution in [0.2, 0.25) is 0 Å². The van der Waals surface area contributed by atoms with Crippen molar-refractivity contribution in [3.05, 3.63) is 59.3 Å². The van der Waals surface area contributed by atoms with Crippen LogP contribution in [0, 0.1) is 0 Å². The van der Waals surface area contributed by atoms with Gasteiger partial charge in [-0.2, -0.15) is 0 Å². The highest BCUT2D eigenvalue weighted by Gasteiger charge is 2.15. The minimum atomic E-state index is 0.910. The van der Waals surface area contributed by atoms with E-state index in [1.807, 2.05) is 12.3 Å². The Morgan fingerprint density at radius 3 is 2.86 bits per heavy atom. The topological polar surface area (TPSA) is 28.2 Å². The van der Waals surface area contributed by atoms with Crippen LogP contribution in [0.15, 0.2) is 42.6 Å². The molecular weight excluding hydrogens is 258 g/mol. The number of aryl methyl sites for hydroxylation is 1. The third-order valence-electron chi connectivity index (χ3n) is 4.06. The number of hydrogen-bond donors (Lipinski definition) is 1. The lowest BCUT2D eigenvalue weighted by atomic mass is 10.0. The van der Waals surface area contributed by atoms with Crippen molar-refractivity contribution in [3.63, 3.8) is 0 Å². The number of nitrogens with zero attached hydrogens (tertiary/aromatic N) is 2. The van der Waals surface area contributed by atoms with Gasteiger partial charge in [-0.1, -0.05) is 30.3 Å². The number of aromatic nitrogens is 1. The summed E-state index contributed by atoms with van der Waals surface area (Å²) in [6.07, 6.45) is 4.28. The van der Waals surface area contributed by atoms with E-state index >= 15 is 0 Å². The Bertz CT molecular complexity index is 595. The molecule has 3 nitrogen and oxygen atoms in total. The molecule has 2 heterocycles. The molecule has 1 aromatic carbocycles. The molecular formula is C18H23N3. The van der Waals surface area contributed by atoms with E-state index in [1.165, 1.54) is 29.5 Å². The van der Waals surface area contributed by atoms with Gasteiger partial charge in [0.15, 0.2) is 0 Å². The van der Waals surface area contributed by atoms with E-state index < -0.39 is 0 Å². The second-order valence-corrected chi connectivity index (χ2v) is 5.62. The molecule has 1 N–H and O–H groups in total. The van der Waals surface area contributed by atoms with Gasteiger partial charge in [-0.25, -0.2) is 4.98 Å². The Morgan fingerprint density at radius 1 is 1.14 bits per heavy atom. The van der Waals surface area contributed by atoms with Crippen LogP contribution in [0.25, 0.3) is 0 Å². The fourth-order valence-electron chi connectivity index (χ4n) is 3.04. The number of anilines is 1. The van der Waals surface area contributed by atoms with Gasteiger partial charge in [-0.15, -0.1) is 0 Å². The van der Waals surface area contributed by atoms with Crippen LogP contribution in [0.3, 0.4) is 0 Å². The maximum absolute atomic E-state index is 4.46. The van der Waals surface area contributed by atoms with Crippen molar-refractivity contribution in [3.8, 4) is 0 Å². The molecule has 21 heavy (non-hydrogen) atoms. The van der Waals surface area contributed by atoms with Crippen LogP contribution in [-0.4, -0.2) is 23.0 Å². The summed E-state index contributed by atoms with van der Waals surface area (Å²) in [6, 6.07) is 13.0. The molecule has 0 spiro atoms. The SMILES string of the molecule is CCNc1ncccc1CN1CCCc2ccccc2C1. The molecule has 0 unspecified atom stereocenters. The first-order valence-electron chi connectivity index (χ1n) is 7.83. The van der Waals surface area contributed by atoms with Gasteiger partial charge in [0.25, 0.3) is 0 Å². The number of benzene rings is 1. The lowest BCUT2D eigenvalue weighted by Gasteiger charge is -2.21. The highest BCUT2D eigenvalue weighted by atomic mass is 15.1. The molecule has 110 valence electrons. The fourth-order valence-corrected chi connectivity index (χ4v) is 3.04. The first-order chi connectivity index (χ1) is 10.4. The smallest absolute Gasteiger partial charge is 0.130 e. The van der Waals surface area contributed by atoms with Gasteiger partial charge in [-0.05, 0) is 43.5 Å². The fraction of sp³-hybridized carbons (Fsp3) is 0.389. The predicted octanol–water partition coefficient (Wildman–Crippen LogP) is 3.46. The van der Waals surface area contributed by atoms with Crippen molar-refractivity contribution in [2.75, 3.05) is 18.4 Å². The van der Waals surface area contributed by atoms with E-state index in [-0.39, 0.29) is 0 Å². The minimum Gasteiger partial charge on any atom is -0.370 e. The number of nitrogens with one attached hydrogen (secondary N) is 1. The highest BCUT2D eigenvalue weighted by Crippen LogP contribution is 2.21. The molecule has 1 aliphatic heterocycles. The summed E-state index contributed by atoms with van der Waals surface area (Å²) in [5.74, 6) is 1.03. The van der Waals surface area contributed by atoms with Gasteiger partial charge in [-0.3, -0.25) is 4.90 Å². The highest BCUT2D eigenvalue weighted by molar-refractivity contribution is 5.43. The van der Waals surface area contributed by atoms with Crippen molar-refractivity contribution in [1.29, 1.82) is 0 Å². The van der Waals surface area contributed by atoms with Gasteiger partial charge in [0, 0.05) is 31.4 Å². The van der Waals surface area contributed by atoms with Crippen molar-refractivity contribution < 1.29 is 0 Å². The number of rotatable bonds is 4. The first-order valence-corrected chi connectivity index (χ1v) is 7.83. The summed E-state index contributed by atoms with van der Waals surface area (Å²) in [6.45, 7) is 6.17. The maximum atomic E-state index is 4.46. The molecule has 0 aliphatic carbocycles. The van der Waals surface area contributed by atoms with Crippen molar-refractivity contribution >= 4 is 5.82 Å². The summed E-state index contributed by atoms with van der Waals surface area (Å²) in [4.78, 5) is 7.00. The largest absolute Gasteiger partial charge is 0.370 e. The van der Waals surface area contributed by atoms with E-state index in [1.54, 1.807) is 0 Å². The molecule has 0 atom stereocenters. The molecule has 0 fully saturated rings. The maximum Gasteiger partial charge on any atom is 0.130 e. The quantitative estimate of drug-likeness (QED) is 0.930. The van der Waals surface area contributed by atoms with Crippen molar-refractivity contribution in [2.24, 2.45) is 0 Å². The third-order valence-corrected chi connectivity index (χ3v) is 4.06.